The second kappa shape index (κ2) is 13.0. The number of nitrogens with one attached hydrogen (secondary N) is 1. The van der Waals surface area contributed by atoms with Crippen LogP contribution in [0.25, 0.3) is 0 Å². The third-order valence-electron chi connectivity index (χ3n) is 7.84. The van der Waals surface area contributed by atoms with Crippen molar-refractivity contribution in [3.63, 3.8) is 0 Å². The van der Waals surface area contributed by atoms with E-state index in [-0.39, 0.29) is 11.2 Å². The fourth-order valence-electron chi connectivity index (χ4n) is 5.09. The Balaban J connectivity index is 1.48. The predicted molar refractivity (Wildman–Crippen MR) is 166 cm³/mol. The number of amides is 1. The van der Waals surface area contributed by atoms with E-state index in [0.717, 1.165) is 35.3 Å². The molecule has 0 heterocycles. The Labute approximate surface area is 238 Å². The minimum atomic E-state index is -0.387. The second-order valence-corrected chi connectivity index (χ2v) is 13.2. The van der Waals surface area contributed by atoms with Crippen molar-refractivity contribution in [2.24, 2.45) is 17.6 Å². The summed E-state index contributed by atoms with van der Waals surface area (Å²) in [6.07, 6.45) is 4.22. The molecule has 5 heteroatoms. The van der Waals surface area contributed by atoms with Gasteiger partial charge in [0.15, 0.2) is 0 Å². The molecule has 3 aromatic rings. The van der Waals surface area contributed by atoms with Gasteiger partial charge in [-0.05, 0) is 115 Å². The molecule has 4 N–H and O–H groups in total. The van der Waals surface area contributed by atoms with E-state index in [1.54, 1.807) is 6.07 Å². The Morgan fingerprint density at radius 1 is 0.923 bits per heavy atom. The fourth-order valence-corrected chi connectivity index (χ4v) is 6.02. The van der Waals surface area contributed by atoms with Gasteiger partial charge in [0.25, 0.3) is 0 Å². The van der Waals surface area contributed by atoms with Gasteiger partial charge in [0.1, 0.15) is 5.75 Å². The van der Waals surface area contributed by atoms with Gasteiger partial charge in [0.05, 0.1) is 0 Å². The van der Waals surface area contributed by atoms with Crippen molar-refractivity contribution in [1.82, 2.24) is 0 Å². The van der Waals surface area contributed by atoms with Gasteiger partial charge in [-0.2, -0.15) is 0 Å². The molecule has 1 saturated carbocycles. The molecule has 3 unspecified atom stereocenters. The molecule has 4 rings (SSSR count). The lowest BCUT2D eigenvalue weighted by molar-refractivity contribution is 0.1000. The smallest absolute Gasteiger partial charge is 0.248 e. The van der Waals surface area contributed by atoms with E-state index < -0.39 is 0 Å². The standard InChI is InChI=1S/C34H44N2O2S/c1-21(2)23(4)28-15-27(16-32(19-28)36-31-9-10-31)20-39-24(5)29-13-26(14-30(18-29)34(35)38)12-22(3)11-25-7-6-8-33(37)17-25/h6-8,13-19,21-24,31,36-37H,9-12,20H2,1-5H3,(H2,35,38). The van der Waals surface area contributed by atoms with Crippen LogP contribution < -0.4 is 11.1 Å². The molecule has 0 bridgehead atoms. The Hall–Kier alpha value is -2.92. The van der Waals surface area contributed by atoms with Crippen molar-refractivity contribution in [1.29, 1.82) is 0 Å². The lowest BCUT2D eigenvalue weighted by atomic mass is 9.89. The molecule has 39 heavy (non-hydrogen) atoms. The zero-order valence-corrected chi connectivity index (χ0v) is 24.9. The first-order valence-electron chi connectivity index (χ1n) is 14.3. The first-order chi connectivity index (χ1) is 18.6. The molecule has 3 aromatic carbocycles. The van der Waals surface area contributed by atoms with Crippen LogP contribution in [0.15, 0.2) is 60.7 Å². The van der Waals surface area contributed by atoms with Crippen LogP contribution in [0, 0.1) is 11.8 Å². The third-order valence-corrected chi connectivity index (χ3v) is 9.11. The number of phenolic OH excluding ortho intramolecular Hbond substituents is 1. The van der Waals surface area contributed by atoms with Crippen LogP contribution in [-0.2, 0) is 18.6 Å². The Bertz CT molecular complexity index is 1280. The van der Waals surface area contributed by atoms with Gasteiger partial charge in [-0.25, -0.2) is 0 Å². The molecule has 0 aliphatic heterocycles. The first kappa shape index (κ1) is 29.1. The van der Waals surface area contributed by atoms with E-state index in [1.165, 1.54) is 29.7 Å². The number of carbonyl (C=O) groups excluding carboxylic acids is 1. The van der Waals surface area contributed by atoms with E-state index in [2.05, 4.69) is 64.2 Å². The summed E-state index contributed by atoms with van der Waals surface area (Å²) in [4.78, 5) is 12.2. The van der Waals surface area contributed by atoms with E-state index in [1.807, 2.05) is 42.1 Å². The largest absolute Gasteiger partial charge is 0.508 e. The number of thioether (sulfide) groups is 1. The topological polar surface area (TPSA) is 75.3 Å². The summed E-state index contributed by atoms with van der Waals surface area (Å²) in [5, 5.41) is 13.7. The van der Waals surface area contributed by atoms with Crippen molar-refractivity contribution in [2.45, 2.75) is 83.3 Å². The number of carbonyl (C=O) groups is 1. The van der Waals surface area contributed by atoms with Crippen molar-refractivity contribution < 1.29 is 9.90 Å². The van der Waals surface area contributed by atoms with Gasteiger partial charge in [-0.3, -0.25) is 4.79 Å². The monoisotopic (exact) mass is 544 g/mol. The highest BCUT2D eigenvalue weighted by Crippen LogP contribution is 2.36. The van der Waals surface area contributed by atoms with Crippen LogP contribution in [-0.4, -0.2) is 17.1 Å². The Morgan fingerprint density at radius 3 is 2.31 bits per heavy atom. The lowest BCUT2D eigenvalue weighted by Crippen LogP contribution is -2.13. The maximum absolute atomic E-state index is 12.2. The molecule has 208 valence electrons. The molecular formula is C34H44N2O2S. The highest BCUT2D eigenvalue weighted by molar-refractivity contribution is 7.98. The molecule has 1 fully saturated rings. The molecular weight excluding hydrogens is 500 g/mol. The zero-order chi connectivity index (χ0) is 28.1. The maximum Gasteiger partial charge on any atom is 0.248 e. The van der Waals surface area contributed by atoms with Gasteiger partial charge in [-0.15, -0.1) is 11.8 Å². The SMILES string of the molecule is CC(Cc1cccc(O)c1)Cc1cc(C(N)=O)cc(C(C)SCc2cc(NC3CC3)cc(C(C)C(C)C)c2)c1. The number of phenols is 1. The van der Waals surface area contributed by atoms with Crippen LogP contribution >= 0.6 is 11.8 Å². The van der Waals surface area contributed by atoms with Crippen LogP contribution in [0.4, 0.5) is 5.69 Å². The summed E-state index contributed by atoms with van der Waals surface area (Å²) < 4.78 is 0. The zero-order valence-electron chi connectivity index (χ0n) is 24.0. The minimum absolute atomic E-state index is 0.218. The van der Waals surface area contributed by atoms with Gasteiger partial charge in [-0.1, -0.05) is 52.0 Å². The van der Waals surface area contributed by atoms with E-state index in [4.69, 9.17) is 5.73 Å². The van der Waals surface area contributed by atoms with Crippen LogP contribution in [0.2, 0.25) is 0 Å². The maximum atomic E-state index is 12.2. The number of benzene rings is 3. The van der Waals surface area contributed by atoms with E-state index in [9.17, 15) is 9.90 Å². The highest BCUT2D eigenvalue weighted by atomic mass is 32.2. The number of aromatic hydroxyl groups is 1. The summed E-state index contributed by atoms with van der Waals surface area (Å²) >= 11 is 1.90. The van der Waals surface area contributed by atoms with Crippen molar-refractivity contribution >= 4 is 23.4 Å². The van der Waals surface area contributed by atoms with Crippen molar-refractivity contribution in [3.05, 3.63) is 94.0 Å². The van der Waals surface area contributed by atoms with E-state index in [0.29, 0.717) is 35.1 Å². The number of anilines is 1. The lowest BCUT2D eigenvalue weighted by Gasteiger charge is -2.20. The summed E-state index contributed by atoms with van der Waals surface area (Å²) in [5.74, 6) is 2.26. The first-order valence-corrected chi connectivity index (χ1v) is 15.4. The number of hydrogen-bond donors (Lipinski definition) is 3. The third kappa shape index (κ3) is 8.53. The summed E-state index contributed by atoms with van der Waals surface area (Å²) in [6.45, 7) is 11.3. The average Bonchev–Trinajstić information content (AvgIpc) is 3.70. The molecule has 4 nitrogen and oxygen atoms in total. The van der Waals surface area contributed by atoms with Gasteiger partial charge < -0.3 is 16.2 Å². The van der Waals surface area contributed by atoms with E-state index >= 15 is 0 Å². The molecule has 3 atom stereocenters. The number of nitrogens with two attached hydrogens (primary N) is 1. The van der Waals surface area contributed by atoms with Crippen molar-refractivity contribution in [2.75, 3.05) is 5.32 Å². The molecule has 0 aromatic heterocycles. The fraction of sp³-hybridized carbons (Fsp3) is 0.441. The quantitative estimate of drug-likeness (QED) is 0.203. The molecule has 0 saturated heterocycles. The minimum Gasteiger partial charge on any atom is -0.508 e. The number of hydrogen-bond acceptors (Lipinski definition) is 4. The summed E-state index contributed by atoms with van der Waals surface area (Å²) in [6, 6.07) is 21.2. The molecule has 0 radical (unpaired) electrons. The van der Waals surface area contributed by atoms with Crippen LogP contribution in [0.1, 0.15) is 96.8 Å². The highest BCUT2D eigenvalue weighted by Gasteiger charge is 2.22. The van der Waals surface area contributed by atoms with Gasteiger partial charge >= 0.3 is 0 Å². The van der Waals surface area contributed by atoms with Gasteiger partial charge in [0.2, 0.25) is 5.91 Å². The summed E-state index contributed by atoms with van der Waals surface area (Å²) in [5.41, 5.74) is 13.7. The Kier molecular flexibility index (Phi) is 9.66. The second-order valence-electron chi connectivity index (χ2n) is 11.9. The molecule has 1 aliphatic carbocycles. The summed E-state index contributed by atoms with van der Waals surface area (Å²) in [7, 11) is 0. The number of rotatable bonds is 13. The Morgan fingerprint density at radius 2 is 1.64 bits per heavy atom. The van der Waals surface area contributed by atoms with Crippen LogP contribution in [0.5, 0.6) is 5.75 Å². The normalized spacial score (nSPS) is 15.6. The van der Waals surface area contributed by atoms with Crippen LogP contribution in [0.3, 0.4) is 0 Å². The average molecular weight is 545 g/mol. The molecule has 0 spiro atoms. The molecule has 1 aliphatic rings. The number of primary amides is 1. The predicted octanol–water partition coefficient (Wildman–Crippen LogP) is 8.24. The molecule has 1 amide bonds. The van der Waals surface area contributed by atoms with Crippen molar-refractivity contribution in [3.8, 4) is 5.75 Å². The van der Waals surface area contributed by atoms with Gasteiger partial charge in [0, 0.05) is 28.3 Å².